The highest BCUT2D eigenvalue weighted by Crippen LogP contribution is 2.40. The summed E-state index contributed by atoms with van der Waals surface area (Å²) >= 11 is 0. The molecule has 0 N–H and O–H groups in total. The largest absolute Gasteiger partial charge is 0.461 e. The lowest BCUT2D eigenvalue weighted by Gasteiger charge is -2.34. The van der Waals surface area contributed by atoms with E-state index < -0.39 is 11.6 Å². The van der Waals surface area contributed by atoms with Gasteiger partial charge >= 0.3 is 12.1 Å². The van der Waals surface area contributed by atoms with Gasteiger partial charge in [0.2, 0.25) is 0 Å². The summed E-state index contributed by atoms with van der Waals surface area (Å²) in [5.41, 5.74) is -0.561. The maximum atomic E-state index is 12.7. The molecule has 132 valence electrons. The van der Waals surface area contributed by atoms with Gasteiger partial charge in [0.05, 0.1) is 6.10 Å². The predicted octanol–water partition coefficient (Wildman–Crippen LogP) is 3.90. The van der Waals surface area contributed by atoms with Crippen LogP contribution in [0, 0.1) is 5.92 Å². The highest BCUT2D eigenvalue weighted by Gasteiger charge is 2.49. The summed E-state index contributed by atoms with van der Waals surface area (Å²) in [5, 5.41) is 0. The van der Waals surface area contributed by atoms with Gasteiger partial charge in [0.1, 0.15) is 11.6 Å². The second-order valence-electron chi connectivity index (χ2n) is 7.91. The van der Waals surface area contributed by atoms with E-state index in [1.165, 1.54) is 6.42 Å². The standard InChI is InChI=1S/C18H31NO4/c1-6-12(2)22-16(20)15-11-13-9-7-8-10-14(13)19(15)17(21)23-18(3,4)5/h12-15H,6-11H2,1-5H3. The van der Waals surface area contributed by atoms with Crippen LogP contribution in [0.15, 0.2) is 0 Å². The van der Waals surface area contributed by atoms with Crippen LogP contribution in [0.3, 0.4) is 0 Å². The van der Waals surface area contributed by atoms with Crippen LogP contribution in [0.5, 0.6) is 0 Å². The molecule has 1 aliphatic heterocycles. The molecule has 0 aromatic carbocycles. The third kappa shape index (κ3) is 4.39. The first kappa shape index (κ1) is 18.1. The van der Waals surface area contributed by atoms with E-state index in [0.717, 1.165) is 25.7 Å². The summed E-state index contributed by atoms with van der Waals surface area (Å²) in [6.45, 7) is 9.43. The smallest absolute Gasteiger partial charge is 0.411 e. The highest BCUT2D eigenvalue weighted by atomic mass is 16.6. The molecule has 4 atom stereocenters. The SMILES string of the molecule is CCC(C)OC(=O)C1CC2CCCCC2N1C(=O)OC(C)(C)C. The molecule has 2 aliphatic rings. The molecule has 23 heavy (non-hydrogen) atoms. The second-order valence-corrected chi connectivity index (χ2v) is 7.91. The van der Waals surface area contributed by atoms with Gasteiger partial charge in [-0.3, -0.25) is 4.90 Å². The molecular formula is C18H31NO4. The Bertz CT molecular complexity index is 443. The summed E-state index contributed by atoms with van der Waals surface area (Å²) in [6, 6.07) is -0.375. The third-order valence-corrected chi connectivity index (χ3v) is 4.86. The quantitative estimate of drug-likeness (QED) is 0.739. The molecule has 5 nitrogen and oxygen atoms in total. The molecule has 1 saturated carbocycles. The van der Waals surface area contributed by atoms with Crippen molar-refractivity contribution in [2.24, 2.45) is 5.92 Å². The van der Waals surface area contributed by atoms with Gasteiger partial charge in [0.15, 0.2) is 0 Å². The molecule has 2 fully saturated rings. The molecule has 2 rings (SSSR count). The highest BCUT2D eigenvalue weighted by molar-refractivity contribution is 5.82. The first-order chi connectivity index (χ1) is 10.7. The van der Waals surface area contributed by atoms with Crippen molar-refractivity contribution in [2.45, 2.75) is 96.9 Å². The van der Waals surface area contributed by atoms with E-state index in [2.05, 4.69) is 0 Å². The Morgan fingerprint density at radius 1 is 1.22 bits per heavy atom. The van der Waals surface area contributed by atoms with E-state index in [1.54, 1.807) is 4.90 Å². The Hall–Kier alpha value is -1.26. The van der Waals surface area contributed by atoms with Crippen LogP contribution >= 0.6 is 0 Å². The number of carbonyl (C=O) groups excluding carboxylic acids is 2. The molecule has 1 heterocycles. The van der Waals surface area contributed by atoms with E-state index >= 15 is 0 Å². The molecule has 0 spiro atoms. The fourth-order valence-electron chi connectivity index (χ4n) is 3.61. The fraction of sp³-hybridized carbons (Fsp3) is 0.889. The maximum Gasteiger partial charge on any atom is 0.411 e. The minimum absolute atomic E-state index is 0.119. The fourth-order valence-corrected chi connectivity index (χ4v) is 3.61. The van der Waals surface area contributed by atoms with Crippen LogP contribution in [-0.4, -0.2) is 40.8 Å². The van der Waals surface area contributed by atoms with Crippen molar-refractivity contribution in [3.8, 4) is 0 Å². The van der Waals surface area contributed by atoms with Crippen LogP contribution in [0.2, 0.25) is 0 Å². The Morgan fingerprint density at radius 2 is 1.87 bits per heavy atom. The molecule has 5 heteroatoms. The molecule has 1 amide bonds. The number of hydrogen-bond donors (Lipinski definition) is 0. The first-order valence-electron chi connectivity index (χ1n) is 8.94. The molecular weight excluding hydrogens is 294 g/mol. The van der Waals surface area contributed by atoms with Crippen molar-refractivity contribution in [1.82, 2.24) is 4.90 Å². The molecule has 0 radical (unpaired) electrons. The topological polar surface area (TPSA) is 55.8 Å². The van der Waals surface area contributed by atoms with Crippen molar-refractivity contribution in [2.75, 3.05) is 0 Å². The maximum absolute atomic E-state index is 12.7. The summed E-state index contributed by atoms with van der Waals surface area (Å²) in [6.07, 6.45) is 5.30. The van der Waals surface area contributed by atoms with Crippen LogP contribution in [-0.2, 0) is 14.3 Å². The number of fused-ring (bicyclic) bond motifs is 1. The molecule has 1 aliphatic carbocycles. The first-order valence-corrected chi connectivity index (χ1v) is 8.94. The lowest BCUT2D eigenvalue weighted by atomic mass is 9.85. The monoisotopic (exact) mass is 325 g/mol. The summed E-state index contributed by atoms with van der Waals surface area (Å²) in [7, 11) is 0. The normalized spacial score (nSPS) is 28.9. The zero-order chi connectivity index (χ0) is 17.2. The van der Waals surface area contributed by atoms with Crippen molar-refractivity contribution >= 4 is 12.1 Å². The van der Waals surface area contributed by atoms with Crippen molar-refractivity contribution in [3.05, 3.63) is 0 Å². The summed E-state index contributed by atoms with van der Waals surface area (Å²) < 4.78 is 11.1. The number of amides is 1. The number of nitrogens with zero attached hydrogens (tertiary/aromatic N) is 1. The molecule has 4 unspecified atom stereocenters. The number of likely N-dealkylation sites (tertiary alicyclic amines) is 1. The average molecular weight is 325 g/mol. The minimum Gasteiger partial charge on any atom is -0.461 e. The molecule has 0 aromatic rings. The number of ether oxygens (including phenoxy) is 2. The van der Waals surface area contributed by atoms with Gasteiger partial charge in [-0.1, -0.05) is 19.8 Å². The summed E-state index contributed by atoms with van der Waals surface area (Å²) in [5.74, 6) is 0.116. The van der Waals surface area contributed by atoms with Crippen LogP contribution in [0.4, 0.5) is 4.79 Å². The predicted molar refractivity (Wildman–Crippen MR) is 88.1 cm³/mol. The van der Waals surface area contributed by atoms with Gasteiger partial charge in [-0.2, -0.15) is 0 Å². The zero-order valence-electron chi connectivity index (χ0n) is 15.1. The minimum atomic E-state index is -0.561. The summed E-state index contributed by atoms with van der Waals surface area (Å²) in [4.78, 5) is 26.9. The Morgan fingerprint density at radius 3 is 2.48 bits per heavy atom. The van der Waals surface area contributed by atoms with Gasteiger partial charge in [-0.05, 0) is 59.3 Å². The van der Waals surface area contributed by atoms with Gasteiger partial charge in [0.25, 0.3) is 0 Å². The Labute approximate surface area is 139 Å². The molecule has 1 saturated heterocycles. The number of rotatable bonds is 3. The van der Waals surface area contributed by atoms with E-state index in [1.807, 2.05) is 34.6 Å². The zero-order valence-corrected chi connectivity index (χ0v) is 15.1. The third-order valence-electron chi connectivity index (χ3n) is 4.86. The van der Waals surface area contributed by atoms with Crippen molar-refractivity contribution in [1.29, 1.82) is 0 Å². The van der Waals surface area contributed by atoms with Gasteiger partial charge in [0, 0.05) is 6.04 Å². The van der Waals surface area contributed by atoms with Crippen LogP contribution in [0.25, 0.3) is 0 Å². The lowest BCUT2D eigenvalue weighted by Crippen LogP contribution is -2.49. The Balaban J connectivity index is 2.17. The molecule has 0 aromatic heterocycles. The van der Waals surface area contributed by atoms with Crippen molar-refractivity contribution < 1.29 is 19.1 Å². The van der Waals surface area contributed by atoms with Crippen molar-refractivity contribution in [3.63, 3.8) is 0 Å². The number of hydrogen-bond acceptors (Lipinski definition) is 4. The van der Waals surface area contributed by atoms with E-state index in [0.29, 0.717) is 12.3 Å². The molecule has 0 bridgehead atoms. The average Bonchev–Trinajstić information content (AvgIpc) is 2.84. The van der Waals surface area contributed by atoms with Gasteiger partial charge in [-0.15, -0.1) is 0 Å². The lowest BCUT2D eigenvalue weighted by molar-refractivity contribution is -0.154. The number of esters is 1. The van der Waals surface area contributed by atoms with E-state index in [9.17, 15) is 9.59 Å². The van der Waals surface area contributed by atoms with E-state index in [4.69, 9.17) is 9.47 Å². The van der Waals surface area contributed by atoms with E-state index in [-0.39, 0.29) is 24.2 Å². The van der Waals surface area contributed by atoms with Crippen LogP contribution < -0.4 is 0 Å². The second kappa shape index (κ2) is 7.10. The van der Waals surface area contributed by atoms with Gasteiger partial charge < -0.3 is 9.47 Å². The number of carbonyl (C=O) groups is 2. The van der Waals surface area contributed by atoms with Crippen LogP contribution in [0.1, 0.15) is 73.1 Å². The Kier molecular flexibility index (Phi) is 5.58. The van der Waals surface area contributed by atoms with Gasteiger partial charge in [-0.25, -0.2) is 9.59 Å².